The van der Waals surface area contributed by atoms with Crippen LogP contribution in [0.3, 0.4) is 0 Å². The number of aromatic nitrogens is 2. The molecule has 1 saturated carbocycles. The van der Waals surface area contributed by atoms with Crippen LogP contribution in [-0.4, -0.2) is 9.97 Å². The Morgan fingerprint density at radius 2 is 1.90 bits per heavy atom. The summed E-state index contributed by atoms with van der Waals surface area (Å²) in [6, 6.07) is 8.61. The largest absolute Gasteiger partial charge is 0.383 e. The lowest BCUT2D eigenvalue weighted by Gasteiger charge is -2.14. The first kappa shape index (κ1) is 12.3. The third-order valence-electron chi connectivity index (χ3n) is 4.33. The van der Waals surface area contributed by atoms with Gasteiger partial charge in [-0.15, -0.1) is 0 Å². The molecular formula is C16H16BrN3. The van der Waals surface area contributed by atoms with Gasteiger partial charge in [-0.1, -0.05) is 24.3 Å². The molecule has 0 radical (unpaired) electrons. The van der Waals surface area contributed by atoms with E-state index in [9.17, 15) is 0 Å². The zero-order chi connectivity index (χ0) is 13.7. The molecule has 2 aliphatic rings. The molecule has 1 aromatic carbocycles. The summed E-state index contributed by atoms with van der Waals surface area (Å²) >= 11 is 3.55. The number of nitrogens with zero attached hydrogens (tertiary/aromatic N) is 2. The van der Waals surface area contributed by atoms with Crippen molar-refractivity contribution in [2.45, 2.75) is 37.5 Å². The van der Waals surface area contributed by atoms with Crippen LogP contribution >= 0.6 is 15.9 Å². The number of nitrogens with two attached hydrogens (primary N) is 1. The first-order chi connectivity index (χ1) is 9.74. The fraction of sp³-hybridized carbons (Fsp3) is 0.375. The van der Waals surface area contributed by atoms with E-state index in [2.05, 4.69) is 45.2 Å². The van der Waals surface area contributed by atoms with Gasteiger partial charge < -0.3 is 5.73 Å². The van der Waals surface area contributed by atoms with Gasteiger partial charge in [0.2, 0.25) is 0 Å². The lowest BCUT2D eigenvalue weighted by molar-refractivity contribution is 0.718. The molecule has 1 atom stereocenters. The number of halogens is 1. The van der Waals surface area contributed by atoms with Gasteiger partial charge in [0.1, 0.15) is 11.6 Å². The molecule has 0 bridgehead atoms. The quantitative estimate of drug-likeness (QED) is 0.912. The van der Waals surface area contributed by atoms with E-state index in [1.54, 1.807) is 0 Å². The molecule has 2 aromatic rings. The molecule has 102 valence electrons. The molecular weight excluding hydrogens is 314 g/mol. The van der Waals surface area contributed by atoms with Gasteiger partial charge in [-0.05, 0) is 52.7 Å². The van der Waals surface area contributed by atoms with Crippen LogP contribution in [0.25, 0.3) is 0 Å². The number of rotatable bonds is 2. The molecule has 1 heterocycles. The van der Waals surface area contributed by atoms with Crippen molar-refractivity contribution in [1.82, 2.24) is 9.97 Å². The maximum Gasteiger partial charge on any atom is 0.141 e. The highest BCUT2D eigenvalue weighted by atomic mass is 79.9. The van der Waals surface area contributed by atoms with Gasteiger partial charge in [-0.3, -0.25) is 0 Å². The third kappa shape index (κ3) is 1.94. The average molecular weight is 330 g/mol. The van der Waals surface area contributed by atoms with E-state index in [-0.39, 0.29) is 0 Å². The van der Waals surface area contributed by atoms with Gasteiger partial charge in [0.25, 0.3) is 0 Å². The number of hydrogen-bond acceptors (Lipinski definition) is 3. The van der Waals surface area contributed by atoms with Gasteiger partial charge in [0.15, 0.2) is 0 Å². The van der Waals surface area contributed by atoms with Crippen LogP contribution in [-0.2, 0) is 6.42 Å². The fourth-order valence-electron chi connectivity index (χ4n) is 3.11. The van der Waals surface area contributed by atoms with E-state index < -0.39 is 0 Å². The van der Waals surface area contributed by atoms with Gasteiger partial charge in [-0.25, -0.2) is 9.97 Å². The van der Waals surface area contributed by atoms with Gasteiger partial charge >= 0.3 is 0 Å². The molecule has 2 aliphatic carbocycles. The standard InChI is InChI=1S/C16H16BrN3/c17-13-14(10-5-6-10)19-16(20-15(13)18)12-8-7-9-3-1-2-4-11(9)12/h1-4,10,12H,5-8H2,(H2,18,19,20). The molecule has 1 aromatic heterocycles. The summed E-state index contributed by atoms with van der Waals surface area (Å²) in [5.74, 6) is 2.36. The zero-order valence-corrected chi connectivity index (χ0v) is 12.7. The van der Waals surface area contributed by atoms with Crippen molar-refractivity contribution in [3.05, 3.63) is 51.4 Å². The van der Waals surface area contributed by atoms with Crippen LogP contribution in [0.1, 0.15) is 53.7 Å². The van der Waals surface area contributed by atoms with Crippen LogP contribution in [0.5, 0.6) is 0 Å². The van der Waals surface area contributed by atoms with Gasteiger partial charge in [-0.2, -0.15) is 0 Å². The second kappa shape index (κ2) is 4.55. The van der Waals surface area contributed by atoms with Crippen molar-refractivity contribution in [1.29, 1.82) is 0 Å². The Morgan fingerprint density at radius 1 is 1.10 bits per heavy atom. The topological polar surface area (TPSA) is 51.8 Å². The Labute approximate surface area is 126 Å². The van der Waals surface area contributed by atoms with Crippen molar-refractivity contribution in [2.75, 3.05) is 5.73 Å². The Balaban J connectivity index is 1.80. The fourth-order valence-corrected chi connectivity index (χ4v) is 3.61. The lowest BCUT2D eigenvalue weighted by atomic mass is 10.0. The maximum atomic E-state index is 6.08. The summed E-state index contributed by atoms with van der Waals surface area (Å²) < 4.78 is 0.898. The minimum atomic E-state index is 0.305. The highest BCUT2D eigenvalue weighted by Gasteiger charge is 2.32. The summed E-state index contributed by atoms with van der Waals surface area (Å²) in [5, 5.41) is 0. The number of hydrogen-bond donors (Lipinski definition) is 1. The molecule has 1 fully saturated rings. The summed E-state index contributed by atoms with van der Waals surface area (Å²) in [5.41, 5.74) is 9.98. The van der Waals surface area contributed by atoms with Crippen molar-refractivity contribution in [3.63, 3.8) is 0 Å². The number of anilines is 1. The number of fused-ring (bicyclic) bond motifs is 1. The van der Waals surface area contributed by atoms with Crippen LogP contribution < -0.4 is 5.73 Å². The van der Waals surface area contributed by atoms with E-state index in [1.165, 1.54) is 24.0 Å². The van der Waals surface area contributed by atoms with Crippen LogP contribution in [0, 0.1) is 0 Å². The Hall–Kier alpha value is -1.42. The second-order valence-electron chi connectivity index (χ2n) is 5.73. The smallest absolute Gasteiger partial charge is 0.141 e. The highest BCUT2D eigenvalue weighted by Crippen LogP contribution is 2.45. The molecule has 0 aliphatic heterocycles. The Bertz CT molecular complexity index is 679. The van der Waals surface area contributed by atoms with Crippen LogP contribution in [0.2, 0.25) is 0 Å². The van der Waals surface area contributed by atoms with E-state index >= 15 is 0 Å². The molecule has 4 heteroatoms. The first-order valence-corrected chi connectivity index (χ1v) is 7.94. The molecule has 0 saturated heterocycles. The minimum Gasteiger partial charge on any atom is -0.383 e. The van der Waals surface area contributed by atoms with Gasteiger partial charge in [0.05, 0.1) is 10.2 Å². The number of nitrogen functional groups attached to an aromatic ring is 1. The normalized spacial score (nSPS) is 20.9. The second-order valence-corrected chi connectivity index (χ2v) is 6.52. The van der Waals surface area contributed by atoms with Crippen molar-refractivity contribution < 1.29 is 0 Å². The predicted molar refractivity (Wildman–Crippen MR) is 82.7 cm³/mol. The first-order valence-electron chi connectivity index (χ1n) is 7.14. The highest BCUT2D eigenvalue weighted by molar-refractivity contribution is 9.10. The summed E-state index contributed by atoms with van der Waals surface area (Å²) in [6.45, 7) is 0. The third-order valence-corrected chi connectivity index (χ3v) is 5.14. The maximum absolute atomic E-state index is 6.08. The average Bonchev–Trinajstić information content (AvgIpc) is 3.21. The van der Waals surface area contributed by atoms with Crippen LogP contribution in [0.15, 0.2) is 28.7 Å². The molecule has 1 unspecified atom stereocenters. The molecule has 20 heavy (non-hydrogen) atoms. The SMILES string of the molecule is Nc1nc(C2CCc3ccccc32)nc(C2CC2)c1Br. The van der Waals surface area contributed by atoms with Gasteiger partial charge in [0, 0.05) is 11.8 Å². The molecule has 3 nitrogen and oxygen atoms in total. The van der Waals surface area contributed by atoms with E-state index in [4.69, 9.17) is 10.7 Å². The minimum absolute atomic E-state index is 0.305. The van der Waals surface area contributed by atoms with Crippen LogP contribution in [0.4, 0.5) is 5.82 Å². The number of aryl methyl sites for hydroxylation is 1. The van der Waals surface area contributed by atoms with Crippen molar-refractivity contribution in [2.24, 2.45) is 0 Å². The Kier molecular flexibility index (Phi) is 2.81. The predicted octanol–water partition coefficient (Wildman–Crippen LogP) is 3.78. The summed E-state index contributed by atoms with van der Waals surface area (Å²) in [6.07, 6.45) is 4.63. The Morgan fingerprint density at radius 3 is 2.70 bits per heavy atom. The monoisotopic (exact) mass is 329 g/mol. The summed E-state index contributed by atoms with van der Waals surface area (Å²) in [4.78, 5) is 9.38. The molecule has 2 N–H and O–H groups in total. The van der Waals surface area contributed by atoms with Crippen molar-refractivity contribution in [3.8, 4) is 0 Å². The van der Waals surface area contributed by atoms with E-state index in [0.717, 1.165) is 28.8 Å². The molecule has 4 rings (SSSR count). The molecule has 0 amide bonds. The zero-order valence-electron chi connectivity index (χ0n) is 11.1. The summed E-state index contributed by atoms with van der Waals surface area (Å²) in [7, 11) is 0. The van der Waals surface area contributed by atoms with Crippen molar-refractivity contribution >= 4 is 21.7 Å². The number of benzene rings is 1. The molecule has 0 spiro atoms. The van der Waals surface area contributed by atoms with E-state index in [0.29, 0.717) is 17.7 Å². The van der Waals surface area contributed by atoms with E-state index in [1.807, 2.05) is 0 Å². The lowest BCUT2D eigenvalue weighted by Crippen LogP contribution is -2.09.